The Labute approximate surface area is 173 Å². The molecule has 160 valence electrons. The molecule has 10 heteroatoms. The molecule has 0 radical (unpaired) electrons. The van der Waals surface area contributed by atoms with Crippen LogP contribution in [0.5, 0.6) is 5.75 Å². The van der Waals surface area contributed by atoms with E-state index in [0.29, 0.717) is 5.69 Å². The lowest BCUT2D eigenvalue weighted by Crippen LogP contribution is -2.20. The van der Waals surface area contributed by atoms with Crippen molar-refractivity contribution in [3.63, 3.8) is 0 Å². The lowest BCUT2D eigenvalue weighted by molar-refractivity contribution is -0.274. The summed E-state index contributed by atoms with van der Waals surface area (Å²) in [4.78, 5) is 28.4. The molecule has 1 N–H and O–H groups in total. The number of benzene rings is 2. The first kappa shape index (κ1) is 21.8. The van der Waals surface area contributed by atoms with Crippen LogP contribution in [0.2, 0.25) is 0 Å². The molecule has 0 fully saturated rings. The Hall–Kier alpha value is -3.95. The zero-order valence-corrected chi connectivity index (χ0v) is 15.9. The van der Waals surface area contributed by atoms with Gasteiger partial charge in [0.2, 0.25) is 0 Å². The molecule has 0 spiro atoms. The van der Waals surface area contributed by atoms with Crippen LogP contribution in [-0.4, -0.2) is 30.3 Å². The average molecular weight is 434 g/mol. The third-order valence-corrected chi connectivity index (χ3v) is 4.04. The molecule has 0 saturated carbocycles. The summed E-state index contributed by atoms with van der Waals surface area (Å²) in [5.41, 5.74) is 0.190. The van der Waals surface area contributed by atoms with Gasteiger partial charge < -0.3 is 14.8 Å². The molecule has 31 heavy (non-hydrogen) atoms. The van der Waals surface area contributed by atoms with E-state index in [1.807, 2.05) is 0 Å². The number of anilines is 1. The van der Waals surface area contributed by atoms with E-state index in [2.05, 4.69) is 19.8 Å². The second kappa shape index (κ2) is 8.82. The molecule has 0 aliphatic carbocycles. The second-order valence-electron chi connectivity index (χ2n) is 6.12. The van der Waals surface area contributed by atoms with E-state index in [9.17, 15) is 27.2 Å². The summed E-state index contributed by atoms with van der Waals surface area (Å²) in [6, 6.07) is 11.8. The summed E-state index contributed by atoms with van der Waals surface area (Å²) in [5.74, 6) is -3.08. The van der Waals surface area contributed by atoms with Gasteiger partial charge in [0.15, 0.2) is 0 Å². The summed E-state index contributed by atoms with van der Waals surface area (Å²) < 4.78 is 59.7. The largest absolute Gasteiger partial charge is 0.573 e. The predicted octanol–water partition coefficient (Wildman–Crippen LogP) is 4.83. The van der Waals surface area contributed by atoms with E-state index in [-0.39, 0.29) is 16.8 Å². The van der Waals surface area contributed by atoms with Crippen LogP contribution in [0.1, 0.15) is 20.7 Å². The number of hydrogen-bond donors (Lipinski definition) is 1. The molecule has 1 aromatic heterocycles. The fourth-order valence-corrected chi connectivity index (χ4v) is 2.65. The zero-order chi connectivity index (χ0) is 22.6. The Morgan fingerprint density at radius 1 is 1.03 bits per heavy atom. The summed E-state index contributed by atoms with van der Waals surface area (Å²) in [7, 11) is 0.981. The van der Waals surface area contributed by atoms with Gasteiger partial charge in [-0.1, -0.05) is 12.1 Å². The fourth-order valence-electron chi connectivity index (χ4n) is 2.65. The highest BCUT2D eigenvalue weighted by molar-refractivity contribution is 6.06. The van der Waals surface area contributed by atoms with Gasteiger partial charge in [0.1, 0.15) is 17.1 Å². The summed E-state index contributed by atoms with van der Waals surface area (Å²) in [5, 5.41) is 2.49. The number of nitrogens with zero attached hydrogens (tertiary/aromatic N) is 1. The van der Waals surface area contributed by atoms with Gasteiger partial charge in [0.05, 0.1) is 24.7 Å². The van der Waals surface area contributed by atoms with Crippen LogP contribution in [0, 0.1) is 5.82 Å². The number of pyridine rings is 1. The van der Waals surface area contributed by atoms with Crippen molar-refractivity contribution in [2.45, 2.75) is 6.36 Å². The molecule has 0 saturated heterocycles. The van der Waals surface area contributed by atoms with Gasteiger partial charge in [0.25, 0.3) is 5.91 Å². The number of hydrogen-bond acceptors (Lipinski definition) is 5. The van der Waals surface area contributed by atoms with E-state index < -0.39 is 35.4 Å². The minimum atomic E-state index is -5.03. The number of methoxy groups -OCH3 is 1. The van der Waals surface area contributed by atoms with Gasteiger partial charge in [-0.2, -0.15) is 0 Å². The van der Waals surface area contributed by atoms with Crippen molar-refractivity contribution in [2.75, 3.05) is 12.4 Å². The lowest BCUT2D eigenvalue weighted by atomic mass is 10.1. The van der Waals surface area contributed by atoms with Crippen LogP contribution in [-0.2, 0) is 4.74 Å². The quantitative estimate of drug-likeness (QED) is 0.460. The lowest BCUT2D eigenvalue weighted by Gasteiger charge is -2.13. The molecule has 0 unspecified atom stereocenters. The standard InChI is InChI=1S/C21H14F4N2O4/c1-30-20(29)15-10-12(6-9-18(15)31-21(23,24)25)19(28)27-13-7-8-17(26-11-13)14-4-2-3-5-16(14)22/h2-11H,1H3,(H,27,28). The van der Waals surface area contributed by atoms with Gasteiger partial charge in [-0.3, -0.25) is 9.78 Å². The van der Waals surface area contributed by atoms with Crippen molar-refractivity contribution in [1.82, 2.24) is 4.98 Å². The molecule has 2 aromatic carbocycles. The molecule has 0 aliphatic heterocycles. The van der Waals surface area contributed by atoms with E-state index in [0.717, 1.165) is 25.3 Å². The van der Waals surface area contributed by atoms with Crippen molar-refractivity contribution >= 4 is 17.6 Å². The number of esters is 1. The Morgan fingerprint density at radius 2 is 1.77 bits per heavy atom. The van der Waals surface area contributed by atoms with Crippen molar-refractivity contribution in [2.24, 2.45) is 0 Å². The Kier molecular flexibility index (Phi) is 6.19. The predicted molar refractivity (Wildman–Crippen MR) is 102 cm³/mol. The van der Waals surface area contributed by atoms with Crippen molar-refractivity contribution < 1.29 is 36.6 Å². The molecule has 0 aliphatic rings. The molecule has 1 amide bonds. The molecule has 0 bridgehead atoms. The number of halogens is 4. The third kappa shape index (κ3) is 5.35. The molecular weight excluding hydrogens is 420 g/mol. The van der Waals surface area contributed by atoms with Gasteiger partial charge >= 0.3 is 12.3 Å². The number of ether oxygens (including phenoxy) is 2. The third-order valence-electron chi connectivity index (χ3n) is 4.04. The average Bonchev–Trinajstić information content (AvgIpc) is 2.73. The minimum Gasteiger partial charge on any atom is -0.465 e. The molecule has 6 nitrogen and oxygen atoms in total. The van der Waals surface area contributed by atoms with Crippen LogP contribution < -0.4 is 10.1 Å². The number of aromatic nitrogens is 1. The molecular formula is C21H14F4N2O4. The van der Waals surface area contributed by atoms with E-state index in [4.69, 9.17) is 0 Å². The normalized spacial score (nSPS) is 11.0. The highest BCUT2D eigenvalue weighted by Gasteiger charge is 2.33. The number of amides is 1. The van der Waals surface area contributed by atoms with Crippen molar-refractivity contribution in [3.05, 3.63) is 77.7 Å². The molecule has 3 aromatic rings. The summed E-state index contributed by atoms with van der Waals surface area (Å²) in [6.45, 7) is 0. The topological polar surface area (TPSA) is 77.5 Å². The molecule has 3 rings (SSSR count). The van der Waals surface area contributed by atoms with Gasteiger partial charge in [-0.05, 0) is 42.5 Å². The number of carbonyl (C=O) groups is 2. The van der Waals surface area contributed by atoms with E-state index in [1.54, 1.807) is 18.2 Å². The summed E-state index contributed by atoms with van der Waals surface area (Å²) >= 11 is 0. The highest BCUT2D eigenvalue weighted by Crippen LogP contribution is 2.28. The van der Waals surface area contributed by atoms with E-state index in [1.165, 1.54) is 24.4 Å². The minimum absolute atomic E-state index is 0.117. The van der Waals surface area contributed by atoms with Crippen molar-refractivity contribution in [1.29, 1.82) is 0 Å². The Balaban J connectivity index is 1.81. The second-order valence-corrected chi connectivity index (χ2v) is 6.12. The van der Waals surface area contributed by atoms with E-state index >= 15 is 0 Å². The first-order valence-electron chi connectivity index (χ1n) is 8.68. The molecule has 0 atom stereocenters. The van der Waals surface area contributed by atoms with Crippen molar-refractivity contribution in [3.8, 4) is 17.0 Å². The number of carbonyl (C=O) groups excluding carboxylic acids is 2. The zero-order valence-electron chi connectivity index (χ0n) is 15.9. The Morgan fingerprint density at radius 3 is 2.39 bits per heavy atom. The van der Waals surface area contributed by atoms with Crippen LogP contribution in [0.25, 0.3) is 11.3 Å². The summed E-state index contributed by atoms with van der Waals surface area (Å²) in [6.07, 6.45) is -3.74. The van der Waals surface area contributed by atoms with Crippen LogP contribution in [0.3, 0.4) is 0 Å². The van der Waals surface area contributed by atoms with Crippen LogP contribution in [0.4, 0.5) is 23.2 Å². The van der Waals surface area contributed by atoms with Crippen LogP contribution in [0.15, 0.2) is 60.8 Å². The maximum atomic E-state index is 13.8. The fraction of sp³-hybridized carbons (Fsp3) is 0.0952. The number of alkyl halides is 3. The number of rotatable bonds is 5. The van der Waals surface area contributed by atoms with Gasteiger partial charge in [0, 0.05) is 11.1 Å². The SMILES string of the molecule is COC(=O)c1cc(C(=O)Nc2ccc(-c3ccccc3F)nc2)ccc1OC(F)(F)F. The smallest absolute Gasteiger partial charge is 0.465 e. The maximum absolute atomic E-state index is 13.8. The Bertz CT molecular complexity index is 1120. The highest BCUT2D eigenvalue weighted by atomic mass is 19.4. The molecule has 1 heterocycles. The maximum Gasteiger partial charge on any atom is 0.573 e. The monoisotopic (exact) mass is 434 g/mol. The van der Waals surface area contributed by atoms with Gasteiger partial charge in [-0.15, -0.1) is 13.2 Å². The van der Waals surface area contributed by atoms with Gasteiger partial charge in [-0.25, -0.2) is 9.18 Å². The first-order valence-corrected chi connectivity index (χ1v) is 8.68. The number of nitrogens with one attached hydrogen (secondary N) is 1. The first-order chi connectivity index (χ1) is 14.7. The van der Waals surface area contributed by atoms with Crippen LogP contribution >= 0.6 is 0 Å².